The Balaban J connectivity index is 1.65. The van der Waals surface area contributed by atoms with Crippen LogP contribution >= 0.6 is 27.3 Å². The molecule has 1 N–H and O–H groups in total. The van der Waals surface area contributed by atoms with E-state index in [9.17, 15) is 0 Å². The molecule has 2 aromatic rings. The van der Waals surface area contributed by atoms with Gasteiger partial charge in [-0.05, 0) is 43.7 Å². The van der Waals surface area contributed by atoms with E-state index in [1.165, 1.54) is 18.6 Å². The minimum atomic E-state index is 0.841. The van der Waals surface area contributed by atoms with Gasteiger partial charge in [0.2, 0.25) is 5.13 Å². The molecule has 1 heterocycles. The standard InChI is InChI=1S/C16H18BrN3S/c1-11-2-8-14(9-3-11)19-20-16-18-15(10-21-16)12-4-6-13(17)7-5-12/h4-7,10-11H,2-3,8-9H2,1H3,(H,18,20). The van der Waals surface area contributed by atoms with Crippen LogP contribution in [-0.4, -0.2) is 10.7 Å². The third-order valence-corrected chi connectivity index (χ3v) is 5.08. The summed E-state index contributed by atoms with van der Waals surface area (Å²) < 4.78 is 1.08. The number of aromatic nitrogens is 1. The highest BCUT2D eigenvalue weighted by Gasteiger charge is 2.13. The molecule has 3 rings (SSSR count). The van der Waals surface area contributed by atoms with Crippen LogP contribution in [0.2, 0.25) is 0 Å². The lowest BCUT2D eigenvalue weighted by molar-refractivity contribution is 0.483. The molecule has 110 valence electrons. The van der Waals surface area contributed by atoms with Crippen LogP contribution in [0.1, 0.15) is 32.6 Å². The zero-order valence-corrected chi connectivity index (χ0v) is 14.4. The largest absolute Gasteiger partial charge is 0.253 e. The normalized spacial score (nSPS) is 18.6. The number of thiazole rings is 1. The number of hydrogen-bond donors (Lipinski definition) is 1. The van der Waals surface area contributed by atoms with Crippen LogP contribution in [0.25, 0.3) is 11.3 Å². The fraction of sp³-hybridized carbons (Fsp3) is 0.375. The van der Waals surface area contributed by atoms with Crippen LogP contribution < -0.4 is 5.43 Å². The number of anilines is 1. The molecule has 0 radical (unpaired) electrons. The van der Waals surface area contributed by atoms with Crippen molar-refractivity contribution in [3.63, 3.8) is 0 Å². The van der Waals surface area contributed by atoms with E-state index in [1.807, 2.05) is 12.1 Å². The molecular formula is C16H18BrN3S. The monoisotopic (exact) mass is 363 g/mol. The van der Waals surface area contributed by atoms with E-state index in [0.717, 1.165) is 39.6 Å². The second-order valence-electron chi connectivity index (χ2n) is 5.52. The Labute approximate surface area is 137 Å². The first kappa shape index (κ1) is 14.7. The van der Waals surface area contributed by atoms with Gasteiger partial charge in [0.05, 0.1) is 5.69 Å². The number of rotatable bonds is 3. The first-order chi connectivity index (χ1) is 10.2. The summed E-state index contributed by atoms with van der Waals surface area (Å²) in [7, 11) is 0. The molecule has 0 amide bonds. The van der Waals surface area contributed by atoms with Gasteiger partial charge >= 0.3 is 0 Å². The van der Waals surface area contributed by atoms with E-state index in [4.69, 9.17) is 0 Å². The number of benzene rings is 1. The Bertz CT molecular complexity index is 623. The highest BCUT2D eigenvalue weighted by molar-refractivity contribution is 9.10. The highest BCUT2D eigenvalue weighted by Crippen LogP contribution is 2.26. The van der Waals surface area contributed by atoms with Gasteiger partial charge in [0, 0.05) is 21.1 Å². The van der Waals surface area contributed by atoms with Crippen LogP contribution in [-0.2, 0) is 0 Å². The van der Waals surface area contributed by atoms with Crippen LogP contribution in [0.3, 0.4) is 0 Å². The van der Waals surface area contributed by atoms with Gasteiger partial charge < -0.3 is 0 Å². The summed E-state index contributed by atoms with van der Waals surface area (Å²) in [5.41, 5.74) is 6.51. The Hall–Kier alpha value is -1.20. The van der Waals surface area contributed by atoms with Gasteiger partial charge in [0.1, 0.15) is 0 Å². The van der Waals surface area contributed by atoms with Crippen molar-refractivity contribution in [3.05, 3.63) is 34.1 Å². The summed E-state index contributed by atoms with van der Waals surface area (Å²) in [6, 6.07) is 8.20. The van der Waals surface area contributed by atoms with Gasteiger partial charge in [-0.2, -0.15) is 5.10 Å². The average molecular weight is 364 g/mol. The van der Waals surface area contributed by atoms with Crippen LogP contribution in [0.4, 0.5) is 5.13 Å². The van der Waals surface area contributed by atoms with Crippen molar-refractivity contribution in [1.29, 1.82) is 0 Å². The predicted molar refractivity (Wildman–Crippen MR) is 93.9 cm³/mol. The molecule has 0 bridgehead atoms. The van der Waals surface area contributed by atoms with E-state index < -0.39 is 0 Å². The smallest absolute Gasteiger partial charge is 0.203 e. The second-order valence-corrected chi connectivity index (χ2v) is 7.29. The molecule has 21 heavy (non-hydrogen) atoms. The van der Waals surface area contributed by atoms with Crippen molar-refractivity contribution in [2.45, 2.75) is 32.6 Å². The summed E-state index contributed by atoms with van der Waals surface area (Å²) in [6.07, 6.45) is 4.73. The Morgan fingerprint density at radius 2 is 1.95 bits per heavy atom. The SMILES string of the molecule is CC1CCC(=NNc2nc(-c3ccc(Br)cc3)cs2)CC1. The number of hydrazone groups is 1. The van der Waals surface area contributed by atoms with E-state index in [0.29, 0.717) is 0 Å². The molecule has 0 spiro atoms. The second kappa shape index (κ2) is 6.71. The van der Waals surface area contributed by atoms with Gasteiger partial charge in [0.25, 0.3) is 0 Å². The van der Waals surface area contributed by atoms with Gasteiger partial charge in [-0.1, -0.05) is 35.0 Å². The first-order valence-electron chi connectivity index (χ1n) is 7.23. The van der Waals surface area contributed by atoms with Crippen molar-refractivity contribution < 1.29 is 0 Å². The molecule has 3 nitrogen and oxygen atoms in total. The lowest BCUT2D eigenvalue weighted by Crippen LogP contribution is -2.12. The maximum Gasteiger partial charge on any atom is 0.203 e. The zero-order chi connectivity index (χ0) is 14.7. The molecule has 1 aromatic carbocycles. The fourth-order valence-corrected chi connectivity index (χ4v) is 3.34. The van der Waals surface area contributed by atoms with Crippen molar-refractivity contribution in [2.24, 2.45) is 11.0 Å². The Kier molecular flexibility index (Phi) is 4.70. The average Bonchev–Trinajstić information content (AvgIpc) is 2.96. The molecule has 0 saturated heterocycles. The van der Waals surface area contributed by atoms with Gasteiger partial charge in [-0.15, -0.1) is 11.3 Å². The van der Waals surface area contributed by atoms with E-state index >= 15 is 0 Å². The maximum atomic E-state index is 4.59. The lowest BCUT2D eigenvalue weighted by atomic mass is 9.90. The highest BCUT2D eigenvalue weighted by atomic mass is 79.9. The molecule has 0 aliphatic heterocycles. The number of nitrogens with one attached hydrogen (secondary N) is 1. The molecule has 1 fully saturated rings. The van der Waals surface area contributed by atoms with E-state index in [1.54, 1.807) is 11.3 Å². The predicted octanol–water partition coefficient (Wildman–Crippen LogP) is 5.55. The van der Waals surface area contributed by atoms with Crippen LogP contribution in [0, 0.1) is 5.92 Å². The Morgan fingerprint density at radius 1 is 1.24 bits per heavy atom. The van der Waals surface area contributed by atoms with Crippen molar-refractivity contribution >= 4 is 38.1 Å². The lowest BCUT2D eigenvalue weighted by Gasteiger charge is -2.18. The summed E-state index contributed by atoms with van der Waals surface area (Å²) >= 11 is 5.05. The summed E-state index contributed by atoms with van der Waals surface area (Å²) in [4.78, 5) is 4.59. The van der Waals surface area contributed by atoms with E-state index in [2.05, 4.69) is 55.9 Å². The fourth-order valence-electron chi connectivity index (χ4n) is 2.41. The van der Waals surface area contributed by atoms with Crippen LogP contribution in [0.5, 0.6) is 0 Å². The van der Waals surface area contributed by atoms with Gasteiger partial charge in [-0.25, -0.2) is 4.98 Å². The number of halogens is 1. The van der Waals surface area contributed by atoms with Gasteiger partial charge in [0.15, 0.2) is 0 Å². The molecule has 0 unspecified atom stereocenters. The molecule has 1 aromatic heterocycles. The van der Waals surface area contributed by atoms with Crippen molar-refractivity contribution in [1.82, 2.24) is 4.98 Å². The van der Waals surface area contributed by atoms with Crippen molar-refractivity contribution in [3.8, 4) is 11.3 Å². The van der Waals surface area contributed by atoms with Gasteiger partial charge in [-0.3, -0.25) is 5.43 Å². The molecule has 1 saturated carbocycles. The zero-order valence-electron chi connectivity index (χ0n) is 12.0. The first-order valence-corrected chi connectivity index (χ1v) is 8.91. The third kappa shape index (κ3) is 3.92. The number of hydrogen-bond acceptors (Lipinski definition) is 4. The van der Waals surface area contributed by atoms with Crippen LogP contribution in [0.15, 0.2) is 39.2 Å². The van der Waals surface area contributed by atoms with Crippen molar-refractivity contribution in [2.75, 3.05) is 5.43 Å². The summed E-state index contributed by atoms with van der Waals surface area (Å²) in [6.45, 7) is 2.32. The topological polar surface area (TPSA) is 37.3 Å². The number of nitrogens with zero attached hydrogens (tertiary/aromatic N) is 2. The minimum absolute atomic E-state index is 0.841. The quantitative estimate of drug-likeness (QED) is 0.725. The minimum Gasteiger partial charge on any atom is -0.253 e. The molecule has 5 heteroatoms. The summed E-state index contributed by atoms with van der Waals surface area (Å²) in [5.74, 6) is 0.841. The maximum absolute atomic E-state index is 4.59. The molecular weight excluding hydrogens is 346 g/mol. The molecule has 1 aliphatic carbocycles. The molecule has 0 atom stereocenters. The molecule has 1 aliphatic rings. The van der Waals surface area contributed by atoms with E-state index in [-0.39, 0.29) is 0 Å². The summed E-state index contributed by atoms with van der Waals surface area (Å²) in [5, 5.41) is 7.44. The third-order valence-electron chi connectivity index (χ3n) is 3.81. The Morgan fingerprint density at radius 3 is 2.67 bits per heavy atom.